The molecule has 3 amide bonds. The maximum absolute atomic E-state index is 12.4. The minimum atomic E-state index is -0.268. The van der Waals surface area contributed by atoms with Crippen LogP contribution in [-0.2, 0) is 0 Å². The van der Waals surface area contributed by atoms with E-state index in [2.05, 4.69) is 15.6 Å². The monoisotopic (exact) mass is 344 g/mol. The normalized spacial score (nSPS) is 17.4. The number of aryl methyl sites for hydroxylation is 1. The summed E-state index contributed by atoms with van der Waals surface area (Å²) in [5.74, 6) is 0.0413. The van der Waals surface area contributed by atoms with Gasteiger partial charge in [-0.3, -0.25) is 9.78 Å². The molecular formula is C17H20N4O2S. The number of rotatable bonds is 3. The van der Waals surface area contributed by atoms with Crippen LogP contribution in [0.4, 0.5) is 10.5 Å². The number of likely N-dealkylation sites (tertiary alicyclic amines) is 1. The lowest BCUT2D eigenvalue weighted by molar-refractivity contribution is 0.0703. The third-order valence-electron chi connectivity index (χ3n) is 3.95. The largest absolute Gasteiger partial charge is 0.336 e. The van der Waals surface area contributed by atoms with Crippen LogP contribution in [0.15, 0.2) is 35.8 Å². The lowest BCUT2D eigenvalue weighted by atomic mass is 10.1. The van der Waals surface area contributed by atoms with Crippen LogP contribution in [0.5, 0.6) is 0 Å². The van der Waals surface area contributed by atoms with Crippen molar-refractivity contribution in [3.8, 4) is 0 Å². The van der Waals surface area contributed by atoms with Crippen molar-refractivity contribution in [1.29, 1.82) is 0 Å². The molecule has 3 rings (SSSR count). The van der Waals surface area contributed by atoms with Crippen LogP contribution in [0, 0.1) is 6.92 Å². The zero-order valence-corrected chi connectivity index (χ0v) is 14.3. The third-order valence-corrected chi connectivity index (χ3v) is 4.80. The Labute approximate surface area is 144 Å². The molecule has 24 heavy (non-hydrogen) atoms. The number of hydrogen-bond acceptors (Lipinski definition) is 4. The van der Waals surface area contributed by atoms with Gasteiger partial charge in [-0.05, 0) is 43.3 Å². The maximum Gasteiger partial charge on any atom is 0.319 e. The Balaban J connectivity index is 1.54. The quantitative estimate of drug-likeness (QED) is 0.899. The molecule has 1 atom stereocenters. The Hall–Kier alpha value is -2.41. The van der Waals surface area contributed by atoms with Crippen molar-refractivity contribution in [2.45, 2.75) is 25.8 Å². The molecule has 6 nitrogen and oxygen atoms in total. The van der Waals surface area contributed by atoms with Gasteiger partial charge in [0.25, 0.3) is 5.91 Å². The van der Waals surface area contributed by atoms with Gasteiger partial charge in [0.2, 0.25) is 0 Å². The molecule has 0 unspecified atom stereocenters. The van der Waals surface area contributed by atoms with E-state index in [1.807, 2.05) is 41.5 Å². The van der Waals surface area contributed by atoms with E-state index in [0.29, 0.717) is 12.2 Å². The predicted molar refractivity (Wildman–Crippen MR) is 94.4 cm³/mol. The van der Waals surface area contributed by atoms with E-state index in [-0.39, 0.29) is 18.0 Å². The number of aromatic nitrogens is 1. The van der Waals surface area contributed by atoms with Crippen molar-refractivity contribution in [3.05, 3.63) is 46.4 Å². The number of hydrogen-bond donors (Lipinski definition) is 2. The second kappa shape index (κ2) is 7.44. The van der Waals surface area contributed by atoms with E-state index in [9.17, 15) is 9.59 Å². The number of piperidine rings is 1. The first-order chi connectivity index (χ1) is 11.6. The number of amides is 3. The molecule has 3 heterocycles. The van der Waals surface area contributed by atoms with Crippen LogP contribution in [0.25, 0.3) is 0 Å². The van der Waals surface area contributed by atoms with Gasteiger partial charge in [0, 0.05) is 24.8 Å². The Bertz CT molecular complexity index is 700. The molecule has 126 valence electrons. The Morgan fingerprint density at radius 3 is 2.92 bits per heavy atom. The van der Waals surface area contributed by atoms with Crippen LogP contribution in [-0.4, -0.2) is 41.0 Å². The maximum atomic E-state index is 12.4. The molecule has 0 aromatic carbocycles. The van der Waals surface area contributed by atoms with Crippen molar-refractivity contribution in [1.82, 2.24) is 15.2 Å². The van der Waals surface area contributed by atoms with Crippen LogP contribution in [0.3, 0.4) is 0 Å². The fourth-order valence-corrected chi connectivity index (χ4v) is 3.42. The molecule has 7 heteroatoms. The molecule has 1 aliphatic rings. The smallest absolute Gasteiger partial charge is 0.319 e. The first-order valence-electron chi connectivity index (χ1n) is 7.95. The highest BCUT2D eigenvalue weighted by atomic mass is 32.1. The van der Waals surface area contributed by atoms with Gasteiger partial charge in [-0.2, -0.15) is 0 Å². The number of nitrogens with one attached hydrogen (secondary N) is 2. The summed E-state index contributed by atoms with van der Waals surface area (Å²) in [6.07, 6.45) is 3.38. The summed E-state index contributed by atoms with van der Waals surface area (Å²) in [5.41, 5.74) is 1.55. The van der Waals surface area contributed by atoms with E-state index in [1.54, 1.807) is 6.20 Å². The van der Waals surface area contributed by atoms with Crippen LogP contribution in [0.1, 0.15) is 28.2 Å². The first-order valence-corrected chi connectivity index (χ1v) is 8.83. The molecule has 2 aromatic rings. The van der Waals surface area contributed by atoms with Gasteiger partial charge >= 0.3 is 6.03 Å². The van der Waals surface area contributed by atoms with Gasteiger partial charge in [0.05, 0.1) is 16.8 Å². The summed E-state index contributed by atoms with van der Waals surface area (Å²) in [4.78, 5) is 31.2. The third kappa shape index (κ3) is 4.11. The van der Waals surface area contributed by atoms with E-state index in [0.717, 1.165) is 30.0 Å². The molecule has 1 fully saturated rings. The lowest BCUT2D eigenvalue weighted by Crippen LogP contribution is -2.50. The van der Waals surface area contributed by atoms with Crippen LogP contribution < -0.4 is 10.6 Å². The molecular weight excluding hydrogens is 324 g/mol. The average molecular weight is 344 g/mol. The fraction of sp³-hybridized carbons (Fsp3) is 0.353. The second-order valence-corrected chi connectivity index (χ2v) is 6.80. The molecule has 0 spiro atoms. The van der Waals surface area contributed by atoms with Crippen LogP contribution in [0.2, 0.25) is 0 Å². The molecule has 1 saturated heterocycles. The van der Waals surface area contributed by atoms with Crippen molar-refractivity contribution < 1.29 is 9.59 Å². The standard InChI is InChI=1S/C17H20N4O2S/c1-12-6-7-13(10-18-12)19-17(23)20-14-4-2-8-21(11-14)16(22)15-5-3-9-24-15/h3,5-7,9-10,14H,2,4,8,11H2,1H3,(H2,19,20,23)/t14-/m1/s1. The summed E-state index contributed by atoms with van der Waals surface area (Å²) in [5, 5.41) is 7.62. The summed E-state index contributed by atoms with van der Waals surface area (Å²) < 4.78 is 0. The number of carbonyl (C=O) groups excluding carboxylic acids is 2. The Morgan fingerprint density at radius 2 is 2.21 bits per heavy atom. The van der Waals surface area contributed by atoms with E-state index in [4.69, 9.17) is 0 Å². The highest BCUT2D eigenvalue weighted by Crippen LogP contribution is 2.17. The molecule has 0 saturated carbocycles. The number of nitrogens with zero attached hydrogens (tertiary/aromatic N) is 2. The summed E-state index contributed by atoms with van der Waals surface area (Å²) in [6, 6.07) is 7.06. The second-order valence-electron chi connectivity index (χ2n) is 5.85. The molecule has 1 aliphatic heterocycles. The zero-order valence-electron chi connectivity index (χ0n) is 13.5. The van der Waals surface area contributed by atoms with Gasteiger partial charge in [-0.1, -0.05) is 6.07 Å². The van der Waals surface area contributed by atoms with Gasteiger partial charge in [-0.25, -0.2) is 4.79 Å². The van der Waals surface area contributed by atoms with Crippen LogP contribution >= 0.6 is 11.3 Å². The van der Waals surface area contributed by atoms with Gasteiger partial charge in [-0.15, -0.1) is 11.3 Å². The van der Waals surface area contributed by atoms with Crippen molar-refractivity contribution in [2.24, 2.45) is 0 Å². The minimum absolute atomic E-state index is 0.0407. The number of carbonyl (C=O) groups is 2. The first kappa shape index (κ1) is 16.4. The van der Waals surface area contributed by atoms with E-state index < -0.39 is 0 Å². The van der Waals surface area contributed by atoms with Gasteiger partial charge < -0.3 is 15.5 Å². The molecule has 0 aliphatic carbocycles. The zero-order chi connectivity index (χ0) is 16.9. The Kier molecular flexibility index (Phi) is 5.10. The Morgan fingerprint density at radius 1 is 1.33 bits per heavy atom. The van der Waals surface area contributed by atoms with E-state index >= 15 is 0 Å². The minimum Gasteiger partial charge on any atom is -0.336 e. The molecule has 0 radical (unpaired) electrons. The highest BCUT2D eigenvalue weighted by molar-refractivity contribution is 7.12. The summed E-state index contributed by atoms with van der Waals surface area (Å²) in [6.45, 7) is 3.17. The number of anilines is 1. The van der Waals surface area contributed by atoms with Gasteiger partial charge in [0.1, 0.15) is 0 Å². The van der Waals surface area contributed by atoms with Crippen molar-refractivity contribution in [3.63, 3.8) is 0 Å². The highest BCUT2D eigenvalue weighted by Gasteiger charge is 2.25. The van der Waals surface area contributed by atoms with Gasteiger partial charge in [0.15, 0.2) is 0 Å². The topological polar surface area (TPSA) is 74.3 Å². The predicted octanol–water partition coefficient (Wildman–Crippen LogP) is 2.88. The fourth-order valence-electron chi connectivity index (χ4n) is 2.73. The van der Waals surface area contributed by atoms with Crippen molar-refractivity contribution in [2.75, 3.05) is 18.4 Å². The number of thiophene rings is 1. The number of urea groups is 1. The summed E-state index contributed by atoms with van der Waals surface area (Å²) >= 11 is 1.44. The SMILES string of the molecule is Cc1ccc(NC(=O)N[C@@H]2CCCN(C(=O)c3cccs3)C2)cn1. The summed E-state index contributed by atoms with van der Waals surface area (Å²) in [7, 11) is 0. The van der Waals surface area contributed by atoms with E-state index in [1.165, 1.54) is 11.3 Å². The van der Waals surface area contributed by atoms with Crippen molar-refractivity contribution >= 4 is 29.0 Å². The molecule has 2 aromatic heterocycles. The molecule has 2 N–H and O–H groups in total. The molecule has 0 bridgehead atoms. The average Bonchev–Trinajstić information content (AvgIpc) is 3.11. The number of pyridine rings is 1. The lowest BCUT2D eigenvalue weighted by Gasteiger charge is -2.32.